The Morgan fingerprint density at radius 3 is 2.84 bits per heavy atom. The predicted octanol–water partition coefficient (Wildman–Crippen LogP) is 2.61. The van der Waals surface area contributed by atoms with Gasteiger partial charge in [-0.15, -0.1) is 0 Å². The summed E-state index contributed by atoms with van der Waals surface area (Å²) in [6, 6.07) is 6.44. The average Bonchev–Trinajstić information content (AvgIpc) is 3.03. The van der Waals surface area contributed by atoms with Gasteiger partial charge in [-0.1, -0.05) is 6.92 Å². The molecule has 3 heterocycles. The van der Waals surface area contributed by atoms with Crippen LogP contribution in [-0.2, 0) is 6.54 Å². The summed E-state index contributed by atoms with van der Waals surface area (Å²) in [5.41, 5.74) is 2.61. The zero-order valence-corrected chi connectivity index (χ0v) is 11.1. The Morgan fingerprint density at radius 1 is 1.32 bits per heavy atom. The predicted molar refractivity (Wildman–Crippen MR) is 74.2 cm³/mol. The van der Waals surface area contributed by atoms with E-state index in [4.69, 9.17) is 5.10 Å². The molecule has 0 aromatic carbocycles. The number of fused-ring (bicyclic) bond motifs is 1. The summed E-state index contributed by atoms with van der Waals surface area (Å²) in [4.78, 5) is 4.09. The molecule has 1 saturated carbocycles. The summed E-state index contributed by atoms with van der Waals surface area (Å²) in [5.74, 6) is 3.17. The Kier molecular flexibility index (Phi) is 2.37. The first-order valence-corrected chi connectivity index (χ1v) is 7.03. The molecule has 0 amide bonds. The van der Waals surface area contributed by atoms with E-state index in [1.54, 1.807) is 0 Å². The van der Waals surface area contributed by atoms with E-state index in [1.165, 1.54) is 23.5 Å². The minimum absolute atomic E-state index is 0.486. The molecule has 3 atom stereocenters. The third-order valence-corrected chi connectivity index (χ3v) is 4.39. The van der Waals surface area contributed by atoms with Crippen LogP contribution in [0.25, 0.3) is 0 Å². The lowest BCUT2D eigenvalue weighted by atomic mass is 9.99. The Balaban J connectivity index is 1.58. The fraction of sp³-hybridized carbons (Fsp3) is 0.467. The van der Waals surface area contributed by atoms with Crippen molar-refractivity contribution in [3.05, 3.63) is 41.9 Å². The van der Waals surface area contributed by atoms with Crippen LogP contribution >= 0.6 is 0 Å². The van der Waals surface area contributed by atoms with E-state index < -0.39 is 0 Å². The fourth-order valence-corrected chi connectivity index (χ4v) is 2.99. The van der Waals surface area contributed by atoms with Crippen molar-refractivity contribution in [3.8, 4) is 0 Å². The van der Waals surface area contributed by atoms with Crippen LogP contribution in [0, 0.1) is 5.92 Å². The van der Waals surface area contributed by atoms with Crippen LogP contribution in [-0.4, -0.2) is 21.3 Å². The molecule has 98 valence electrons. The Bertz CT molecular complexity index is 589. The third kappa shape index (κ3) is 1.91. The van der Waals surface area contributed by atoms with E-state index in [-0.39, 0.29) is 0 Å². The lowest BCUT2D eigenvalue weighted by molar-refractivity contribution is 0.501. The molecule has 4 nitrogen and oxygen atoms in total. The smallest absolute Gasteiger partial charge is 0.124 e. The highest BCUT2D eigenvalue weighted by molar-refractivity contribution is 5.42. The maximum absolute atomic E-state index is 4.78. The van der Waals surface area contributed by atoms with Crippen molar-refractivity contribution in [1.29, 1.82) is 0 Å². The lowest BCUT2D eigenvalue weighted by Gasteiger charge is -2.25. The van der Waals surface area contributed by atoms with Crippen LogP contribution in [0.4, 0.5) is 5.82 Å². The van der Waals surface area contributed by atoms with E-state index in [0.717, 1.165) is 19.0 Å². The van der Waals surface area contributed by atoms with Crippen molar-refractivity contribution in [2.45, 2.75) is 31.7 Å². The molecule has 1 aliphatic carbocycles. The molecule has 1 N–H and O–H groups in total. The molecule has 2 aliphatic rings. The van der Waals surface area contributed by atoms with Crippen molar-refractivity contribution in [3.63, 3.8) is 0 Å². The standard InChI is InChI=1S/C15H18N4/c1-10-6-13(10)14-7-15-17-8-12(9-19(15)18-14)11-2-4-16-5-3-11/h2-5,7,10,12-13,17H,6,8-9H2,1H3. The monoisotopic (exact) mass is 254 g/mol. The second-order valence-corrected chi connectivity index (χ2v) is 5.81. The molecule has 0 spiro atoms. The molecule has 0 saturated heterocycles. The number of aromatic nitrogens is 3. The number of hydrogen-bond acceptors (Lipinski definition) is 3. The van der Waals surface area contributed by atoms with Crippen LogP contribution in [0.1, 0.15) is 36.4 Å². The number of nitrogens with zero attached hydrogens (tertiary/aromatic N) is 3. The van der Waals surface area contributed by atoms with Gasteiger partial charge in [0.15, 0.2) is 0 Å². The Morgan fingerprint density at radius 2 is 2.11 bits per heavy atom. The molecule has 2 aromatic heterocycles. The first-order chi connectivity index (χ1) is 9.31. The van der Waals surface area contributed by atoms with Crippen LogP contribution in [0.3, 0.4) is 0 Å². The summed E-state index contributed by atoms with van der Waals surface area (Å²) in [7, 11) is 0. The van der Waals surface area contributed by atoms with Gasteiger partial charge in [-0.25, -0.2) is 4.68 Å². The van der Waals surface area contributed by atoms with Crippen LogP contribution in [0.5, 0.6) is 0 Å². The maximum atomic E-state index is 4.78. The van der Waals surface area contributed by atoms with Crippen molar-refractivity contribution in [2.75, 3.05) is 11.9 Å². The van der Waals surface area contributed by atoms with Crippen LogP contribution < -0.4 is 5.32 Å². The van der Waals surface area contributed by atoms with Gasteiger partial charge in [-0.3, -0.25) is 4.98 Å². The highest BCUT2D eigenvalue weighted by atomic mass is 15.3. The second-order valence-electron chi connectivity index (χ2n) is 5.81. The van der Waals surface area contributed by atoms with Gasteiger partial charge in [0.25, 0.3) is 0 Å². The van der Waals surface area contributed by atoms with E-state index in [1.807, 2.05) is 12.4 Å². The van der Waals surface area contributed by atoms with Gasteiger partial charge in [0, 0.05) is 36.8 Å². The first-order valence-electron chi connectivity index (χ1n) is 7.03. The van der Waals surface area contributed by atoms with Gasteiger partial charge in [-0.2, -0.15) is 5.10 Å². The van der Waals surface area contributed by atoms with Crippen molar-refractivity contribution in [1.82, 2.24) is 14.8 Å². The molecule has 4 heteroatoms. The summed E-state index contributed by atoms with van der Waals surface area (Å²) in [5, 5.41) is 8.29. The summed E-state index contributed by atoms with van der Waals surface area (Å²) < 4.78 is 2.13. The topological polar surface area (TPSA) is 42.7 Å². The zero-order chi connectivity index (χ0) is 12.8. The molecule has 1 fully saturated rings. The van der Waals surface area contributed by atoms with Crippen molar-refractivity contribution in [2.24, 2.45) is 5.92 Å². The minimum atomic E-state index is 0.486. The quantitative estimate of drug-likeness (QED) is 0.895. The fourth-order valence-electron chi connectivity index (χ4n) is 2.99. The number of rotatable bonds is 2. The molecule has 19 heavy (non-hydrogen) atoms. The number of pyridine rings is 1. The average molecular weight is 254 g/mol. The molecular weight excluding hydrogens is 236 g/mol. The number of nitrogens with one attached hydrogen (secondary N) is 1. The normalized spacial score (nSPS) is 28.6. The summed E-state index contributed by atoms with van der Waals surface area (Å²) in [6.07, 6.45) is 5.03. The Labute approximate surface area is 112 Å². The van der Waals surface area contributed by atoms with Gasteiger partial charge in [-0.05, 0) is 30.0 Å². The minimum Gasteiger partial charge on any atom is -0.370 e. The van der Waals surface area contributed by atoms with Gasteiger partial charge in [0.2, 0.25) is 0 Å². The zero-order valence-electron chi connectivity index (χ0n) is 11.1. The Hall–Kier alpha value is -1.84. The van der Waals surface area contributed by atoms with E-state index in [9.17, 15) is 0 Å². The van der Waals surface area contributed by atoms with E-state index >= 15 is 0 Å². The SMILES string of the molecule is CC1CC1c1cc2n(n1)CC(c1ccncc1)CN2. The van der Waals surface area contributed by atoms with Gasteiger partial charge in [0.1, 0.15) is 5.82 Å². The number of anilines is 1. The molecule has 3 unspecified atom stereocenters. The van der Waals surface area contributed by atoms with Crippen LogP contribution in [0.2, 0.25) is 0 Å². The highest BCUT2D eigenvalue weighted by Crippen LogP contribution is 2.47. The summed E-state index contributed by atoms with van der Waals surface area (Å²) >= 11 is 0. The molecule has 2 aromatic rings. The van der Waals surface area contributed by atoms with E-state index in [2.05, 4.69) is 40.1 Å². The third-order valence-electron chi connectivity index (χ3n) is 4.39. The summed E-state index contributed by atoms with van der Waals surface area (Å²) in [6.45, 7) is 4.25. The van der Waals surface area contributed by atoms with Crippen LogP contribution in [0.15, 0.2) is 30.6 Å². The van der Waals surface area contributed by atoms with Gasteiger partial charge in [0.05, 0.1) is 12.2 Å². The number of hydrogen-bond donors (Lipinski definition) is 1. The van der Waals surface area contributed by atoms with Crippen molar-refractivity contribution >= 4 is 5.82 Å². The highest BCUT2D eigenvalue weighted by Gasteiger charge is 2.37. The molecular formula is C15H18N4. The second kappa shape index (κ2) is 4.08. The first kappa shape index (κ1) is 11.0. The van der Waals surface area contributed by atoms with E-state index in [0.29, 0.717) is 11.8 Å². The largest absolute Gasteiger partial charge is 0.370 e. The molecule has 0 radical (unpaired) electrons. The molecule has 0 bridgehead atoms. The lowest BCUT2D eigenvalue weighted by Crippen LogP contribution is -2.26. The van der Waals surface area contributed by atoms with Crippen molar-refractivity contribution < 1.29 is 0 Å². The van der Waals surface area contributed by atoms with Gasteiger partial charge >= 0.3 is 0 Å². The van der Waals surface area contributed by atoms with Gasteiger partial charge < -0.3 is 5.32 Å². The molecule has 1 aliphatic heterocycles. The molecule has 4 rings (SSSR count). The maximum Gasteiger partial charge on any atom is 0.124 e.